The first-order valence-electron chi connectivity index (χ1n) is 10.6. The van der Waals surface area contributed by atoms with E-state index < -0.39 is 0 Å². The summed E-state index contributed by atoms with van der Waals surface area (Å²) in [7, 11) is 0. The van der Waals surface area contributed by atoms with Crippen LogP contribution >= 0.6 is 11.3 Å². The molecule has 0 saturated carbocycles. The minimum Gasteiger partial charge on any atom is -0.484 e. The number of benzene rings is 2. The van der Waals surface area contributed by atoms with E-state index in [1.165, 1.54) is 22.5 Å². The molecule has 2 aromatic carbocycles. The largest absolute Gasteiger partial charge is 0.484 e. The van der Waals surface area contributed by atoms with Gasteiger partial charge in [-0.3, -0.25) is 10.1 Å². The number of carbonyl (C=O) groups is 1. The lowest BCUT2D eigenvalue weighted by Crippen LogP contribution is -2.24. The molecule has 3 rings (SSSR count). The topological polar surface area (TPSA) is 51.2 Å². The van der Waals surface area contributed by atoms with Gasteiger partial charge < -0.3 is 4.74 Å². The van der Waals surface area contributed by atoms with Gasteiger partial charge in [-0.25, -0.2) is 4.98 Å². The van der Waals surface area contributed by atoms with Crippen molar-refractivity contribution in [1.82, 2.24) is 4.98 Å². The second-order valence-corrected chi connectivity index (χ2v) is 10.7. The number of thiazole rings is 1. The Balaban J connectivity index is 1.54. The maximum Gasteiger partial charge on any atom is 0.264 e. The zero-order valence-electron chi connectivity index (χ0n) is 19.3. The third-order valence-electron chi connectivity index (χ3n) is 5.08. The third-order valence-corrected chi connectivity index (χ3v) is 5.83. The van der Waals surface area contributed by atoms with E-state index in [4.69, 9.17) is 4.74 Å². The number of hydrogen-bond donors (Lipinski definition) is 1. The zero-order chi connectivity index (χ0) is 22.6. The number of ether oxygens (including phenoxy) is 1. The Morgan fingerprint density at radius 1 is 1.00 bits per heavy atom. The van der Waals surface area contributed by atoms with Crippen LogP contribution in [0, 0.1) is 12.3 Å². The van der Waals surface area contributed by atoms with Crippen LogP contribution in [0.5, 0.6) is 5.75 Å². The van der Waals surface area contributed by atoms with E-state index in [0.29, 0.717) is 10.9 Å². The van der Waals surface area contributed by atoms with E-state index in [2.05, 4.69) is 76.1 Å². The van der Waals surface area contributed by atoms with Crippen molar-refractivity contribution in [3.63, 3.8) is 0 Å². The van der Waals surface area contributed by atoms with Crippen LogP contribution in [-0.4, -0.2) is 17.5 Å². The minimum atomic E-state index is -0.220. The lowest BCUT2D eigenvalue weighted by atomic mass is 9.72. The summed E-state index contributed by atoms with van der Waals surface area (Å²) in [4.78, 5) is 16.8. The average molecular weight is 437 g/mol. The maximum atomic E-state index is 12.3. The molecule has 3 aromatic rings. The van der Waals surface area contributed by atoms with E-state index in [1.807, 2.05) is 29.6 Å². The van der Waals surface area contributed by atoms with E-state index >= 15 is 0 Å². The Morgan fingerprint density at radius 3 is 2.26 bits per heavy atom. The molecule has 1 N–H and O–H groups in total. The van der Waals surface area contributed by atoms with Gasteiger partial charge in [0.05, 0.1) is 5.69 Å². The van der Waals surface area contributed by atoms with E-state index in [1.54, 1.807) is 0 Å². The summed E-state index contributed by atoms with van der Waals surface area (Å²) in [6.07, 6.45) is 1.08. The molecular formula is C26H32N2O2S. The van der Waals surface area contributed by atoms with Crippen molar-refractivity contribution in [2.75, 3.05) is 11.9 Å². The van der Waals surface area contributed by atoms with Crippen LogP contribution in [0.4, 0.5) is 5.13 Å². The summed E-state index contributed by atoms with van der Waals surface area (Å²) in [6, 6.07) is 16.2. The predicted molar refractivity (Wildman–Crippen MR) is 130 cm³/mol. The molecule has 0 saturated heterocycles. The average Bonchev–Trinajstić information content (AvgIpc) is 3.14. The molecule has 0 fully saturated rings. The highest BCUT2D eigenvalue weighted by molar-refractivity contribution is 7.14. The fourth-order valence-corrected chi connectivity index (χ4v) is 4.66. The normalized spacial score (nSPS) is 11.9. The summed E-state index contributed by atoms with van der Waals surface area (Å²) >= 11 is 1.41. The Kier molecular flexibility index (Phi) is 6.85. The van der Waals surface area contributed by atoms with Crippen LogP contribution in [0.3, 0.4) is 0 Å². The van der Waals surface area contributed by atoms with Gasteiger partial charge in [0.25, 0.3) is 5.91 Å². The molecule has 0 radical (unpaired) electrons. The summed E-state index contributed by atoms with van der Waals surface area (Å²) < 4.78 is 5.68. The van der Waals surface area contributed by atoms with Gasteiger partial charge in [0.1, 0.15) is 5.75 Å². The molecule has 0 unspecified atom stereocenters. The van der Waals surface area contributed by atoms with Crippen molar-refractivity contribution in [3.8, 4) is 17.0 Å². The summed E-state index contributed by atoms with van der Waals surface area (Å²) in [5, 5.41) is 5.33. The molecule has 0 spiro atoms. The Bertz CT molecular complexity index is 1010. The number of carbonyl (C=O) groups excluding carboxylic acids is 1. The summed E-state index contributed by atoms with van der Waals surface area (Å²) in [5.74, 6) is 0.465. The minimum absolute atomic E-state index is 0.0514. The van der Waals surface area contributed by atoms with Crippen LogP contribution in [0.15, 0.2) is 53.9 Å². The fourth-order valence-electron chi connectivity index (χ4n) is 3.92. The smallest absolute Gasteiger partial charge is 0.264 e. The fraction of sp³-hybridized carbons (Fsp3) is 0.385. The van der Waals surface area contributed by atoms with Gasteiger partial charge in [0, 0.05) is 10.9 Å². The van der Waals surface area contributed by atoms with Crippen molar-refractivity contribution < 1.29 is 9.53 Å². The van der Waals surface area contributed by atoms with E-state index in [0.717, 1.165) is 17.7 Å². The van der Waals surface area contributed by atoms with E-state index in [9.17, 15) is 4.79 Å². The molecule has 1 heterocycles. The first-order chi connectivity index (χ1) is 14.5. The van der Waals surface area contributed by atoms with Gasteiger partial charge in [0.15, 0.2) is 11.7 Å². The second-order valence-electron chi connectivity index (χ2n) is 9.89. The zero-order valence-corrected chi connectivity index (χ0v) is 20.1. The lowest BCUT2D eigenvalue weighted by Gasteiger charge is -2.33. The molecule has 4 nitrogen and oxygen atoms in total. The standard InChI is InChI=1S/C26H32N2O2S/c1-18-7-9-19(10-8-18)22-16-31-24(27-22)28-23(29)15-30-21-13-11-20(12-14-21)26(5,6)17-25(2,3)4/h7-14,16H,15,17H2,1-6H3,(H,27,28,29). The van der Waals surface area contributed by atoms with Crippen molar-refractivity contribution in [3.05, 3.63) is 65.0 Å². The SMILES string of the molecule is Cc1ccc(-c2csc(NC(=O)COc3ccc(C(C)(C)CC(C)(C)C)cc3)n2)cc1. The Morgan fingerprint density at radius 2 is 1.65 bits per heavy atom. The Labute approximate surface area is 189 Å². The van der Waals surface area contributed by atoms with Crippen LogP contribution in [-0.2, 0) is 10.2 Å². The van der Waals surface area contributed by atoms with Gasteiger partial charge in [-0.05, 0) is 41.9 Å². The quantitative estimate of drug-likeness (QED) is 0.441. The highest BCUT2D eigenvalue weighted by atomic mass is 32.1. The van der Waals surface area contributed by atoms with Crippen molar-refractivity contribution in [1.29, 1.82) is 0 Å². The number of aryl methyl sites for hydroxylation is 1. The molecule has 164 valence electrons. The number of nitrogens with one attached hydrogen (secondary N) is 1. The molecule has 1 amide bonds. The molecule has 1 aromatic heterocycles. The van der Waals surface area contributed by atoms with Crippen LogP contribution in [0.25, 0.3) is 11.3 Å². The van der Waals surface area contributed by atoms with E-state index in [-0.39, 0.29) is 23.3 Å². The number of amides is 1. The summed E-state index contributed by atoms with van der Waals surface area (Å²) in [5.41, 5.74) is 4.70. The molecule has 0 bridgehead atoms. The van der Waals surface area contributed by atoms with Gasteiger partial charge in [-0.15, -0.1) is 11.3 Å². The van der Waals surface area contributed by atoms with Gasteiger partial charge in [0.2, 0.25) is 0 Å². The van der Waals surface area contributed by atoms with Crippen LogP contribution in [0.2, 0.25) is 0 Å². The maximum absolute atomic E-state index is 12.3. The Hall–Kier alpha value is -2.66. The predicted octanol–water partition coefficient (Wildman–Crippen LogP) is 6.85. The summed E-state index contributed by atoms with van der Waals surface area (Å²) in [6.45, 7) is 13.3. The monoisotopic (exact) mass is 436 g/mol. The number of hydrogen-bond acceptors (Lipinski definition) is 4. The first-order valence-corrected chi connectivity index (χ1v) is 11.5. The number of nitrogens with zero attached hydrogens (tertiary/aromatic N) is 1. The molecule has 0 atom stereocenters. The van der Waals surface area contributed by atoms with Gasteiger partial charge in [-0.2, -0.15) is 0 Å². The number of aromatic nitrogens is 1. The molecule has 0 aliphatic carbocycles. The molecule has 0 aliphatic rings. The molecule has 31 heavy (non-hydrogen) atoms. The lowest BCUT2D eigenvalue weighted by molar-refractivity contribution is -0.118. The molecular weight excluding hydrogens is 404 g/mol. The third kappa shape index (κ3) is 6.66. The van der Waals surface area contributed by atoms with Crippen molar-refractivity contribution >= 4 is 22.4 Å². The highest BCUT2D eigenvalue weighted by Gasteiger charge is 2.27. The van der Waals surface area contributed by atoms with Gasteiger partial charge in [-0.1, -0.05) is 76.6 Å². The first kappa shape index (κ1) is 23.0. The number of anilines is 1. The van der Waals surface area contributed by atoms with Crippen LogP contribution in [0.1, 0.15) is 52.2 Å². The van der Waals surface area contributed by atoms with Crippen molar-refractivity contribution in [2.24, 2.45) is 5.41 Å². The molecule has 0 aliphatic heterocycles. The number of rotatable bonds is 7. The van der Waals surface area contributed by atoms with Gasteiger partial charge >= 0.3 is 0 Å². The highest BCUT2D eigenvalue weighted by Crippen LogP contribution is 2.36. The second kappa shape index (κ2) is 9.23. The molecule has 5 heteroatoms. The van der Waals surface area contributed by atoms with Crippen LogP contribution < -0.4 is 10.1 Å². The van der Waals surface area contributed by atoms with Crippen molar-refractivity contribution in [2.45, 2.75) is 53.4 Å².